The fraction of sp³-hybridized carbons (Fsp3) is 0.562. The number of rotatable bonds is 5. The number of anilines is 2. The Labute approximate surface area is 127 Å². The molecule has 3 N–H and O–H groups in total. The highest BCUT2D eigenvalue weighted by Gasteiger charge is 2.22. The van der Waals surface area contributed by atoms with E-state index in [4.69, 9.17) is 5.73 Å². The maximum atomic E-state index is 12.1. The van der Waals surface area contributed by atoms with Gasteiger partial charge in [0.1, 0.15) is 0 Å². The standard InChI is InChI=1S/C16H26N4O/c1-3-20-10-8-15(9-11-20)19(2)12-16(21)18-14-6-4-13(17)5-7-14/h4-7,15H,3,8-12,17H2,1-2H3,(H,18,21). The minimum absolute atomic E-state index is 0.0280. The highest BCUT2D eigenvalue weighted by molar-refractivity contribution is 5.92. The Kier molecular flexibility index (Phi) is 5.59. The zero-order valence-electron chi connectivity index (χ0n) is 13.0. The van der Waals surface area contributed by atoms with Crippen molar-refractivity contribution in [2.24, 2.45) is 0 Å². The molecule has 0 radical (unpaired) electrons. The lowest BCUT2D eigenvalue weighted by Gasteiger charge is -2.35. The SMILES string of the molecule is CCN1CCC(N(C)CC(=O)Nc2ccc(N)cc2)CC1. The van der Waals surface area contributed by atoms with Crippen LogP contribution < -0.4 is 11.1 Å². The van der Waals surface area contributed by atoms with Gasteiger partial charge in [-0.1, -0.05) is 6.92 Å². The zero-order valence-corrected chi connectivity index (χ0v) is 13.0. The summed E-state index contributed by atoms with van der Waals surface area (Å²) in [5, 5.41) is 2.91. The van der Waals surface area contributed by atoms with Gasteiger partial charge in [0.2, 0.25) is 5.91 Å². The molecule has 0 aliphatic carbocycles. The van der Waals surface area contributed by atoms with E-state index in [-0.39, 0.29) is 5.91 Å². The number of nitrogens with one attached hydrogen (secondary N) is 1. The normalized spacial score (nSPS) is 17.1. The number of carbonyl (C=O) groups excluding carboxylic acids is 1. The van der Waals surface area contributed by atoms with E-state index in [0.29, 0.717) is 18.3 Å². The second-order valence-electron chi connectivity index (χ2n) is 5.75. The molecule has 1 fully saturated rings. The minimum atomic E-state index is 0.0280. The fourth-order valence-electron chi connectivity index (χ4n) is 2.80. The molecular formula is C16H26N4O. The number of nitrogens with two attached hydrogens (primary N) is 1. The molecule has 5 nitrogen and oxygen atoms in total. The van der Waals surface area contributed by atoms with Gasteiger partial charge in [0.15, 0.2) is 0 Å². The van der Waals surface area contributed by atoms with E-state index in [1.54, 1.807) is 12.1 Å². The second-order valence-corrected chi connectivity index (χ2v) is 5.75. The van der Waals surface area contributed by atoms with Crippen molar-refractivity contribution >= 4 is 17.3 Å². The Bertz CT molecular complexity index is 452. The highest BCUT2D eigenvalue weighted by Crippen LogP contribution is 2.15. The predicted octanol–water partition coefficient (Wildman–Crippen LogP) is 1.62. The van der Waals surface area contributed by atoms with Gasteiger partial charge in [-0.15, -0.1) is 0 Å². The molecule has 1 aromatic rings. The molecule has 1 amide bonds. The number of piperidine rings is 1. The molecule has 1 saturated heterocycles. The summed E-state index contributed by atoms with van der Waals surface area (Å²) in [5.74, 6) is 0.0280. The van der Waals surface area contributed by atoms with Crippen LogP contribution in [-0.2, 0) is 4.79 Å². The van der Waals surface area contributed by atoms with Crippen molar-refractivity contribution in [2.75, 3.05) is 44.3 Å². The van der Waals surface area contributed by atoms with Crippen molar-refractivity contribution in [3.8, 4) is 0 Å². The van der Waals surface area contributed by atoms with Gasteiger partial charge >= 0.3 is 0 Å². The number of benzene rings is 1. The van der Waals surface area contributed by atoms with E-state index in [0.717, 1.165) is 38.2 Å². The topological polar surface area (TPSA) is 61.6 Å². The Morgan fingerprint density at radius 2 is 1.95 bits per heavy atom. The van der Waals surface area contributed by atoms with Gasteiger partial charge in [-0.3, -0.25) is 9.69 Å². The van der Waals surface area contributed by atoms with Crippen LogP contribution in [0.1, 0.15) is 19.8 Å². The van der Waals surface area contributed by atoms with Crippen LogP contribution in [-0.4, -0.2) is 55.0 Å². The molecule has 1 aromatic carbocycles. The quantitative estimate of drug-likeness (QED) is 0.809. The first kappa shape index (κ1) is 15.8. The van der Waals surface area contributed by atoms with Crippen LogP contribution >= 0.6 is 0 Å². The van der Waals surface area contributed by atoms with Gasteiger partial charge in [0.05, 0.1) is 6.54 Å². The van der Waals surface area contributed by atoms with Crippen molar-refractivity contribution in [3.63, 3.8) is 0 Å². The summed E-state index contributed by atoms with van der Waals surface area (Å²) >= 11 is 0. The monoisotopic (exact) mass is 290 g/mol. The molecule has 21 heavy (non-hydrogen) atoms. The van der Waals surface area contributed by atoms with E-state index in [2.05, 4.69) is 22.0 Å². The van der Waals surface area contributed by atoms with Gasteiger partial charge < -0.3 is 16.0 Å². The molecule has 0 spiro atoms. The van der Waals surface area contributed by atoms with Crippen molar-refractivity contribution in [2.45, 2.75) is 25.8 Å². The average Bonchev–Trinajstić information content (AvgIpc) is 2.49. The second kappa shape index (κ2) is 7.43. The zero-order chi connectivity index (χ0) is 15.2. The van der Waals surface area contributed by atoms with E-state index in [1.807, 2.05) is 19.2 Å². The third kappa shape index (κ3) is 4.72. The van der Waals surface area contributed by atoms with Crippen LogP contribution in [0.4, 0.5) is 11.4 Å². The van der Waals surface area contributed by atoms with E-state index in [9.17, 15) is 4.79 Å². The van der Waals surface area contributed by atoms with Crippen molar-refractivity contribution < 1.29 is 4.79 Å². The molecule has 1 aliphatic rings. The summed E-state index contributed by atoms with van der Waals surface area (Å²) in [7, 11) is 2.04. The molecule has 2 rings (SSSR count). The number of likely N-dealkylation sites (tertiary alicyclic amines) is 1. The first-order valence-electron chi connectivity index (χ1n) is 7.66. The number of nitrogen functional groups attached to an aromatic ring is 1. The summed E-state index contributed by atoms with van der Waals surface area (Å²) in [6.45, 7) is 6.01. The van der Waals surface area contributed by atoms with Gasteiger partial charge in [-0.2, -0.15) is 0 Å². The van der Waals surface area contributed by atoms with Gasteiger partial charge in [0, 0.05) is 17.4 Å². The maximum absolute atomic E-state index is 12.1. The average molecular weight is 290 g/mol. The lowest BCUT2D eigenvalue weighted by Crippen LogP contribution is -2.45. The van der Waals surface area contributed by atoms with Gasteiger partial charge in [0.25, 0.3) is 0 Å². The van der Waals surface area contributed by atoms with Crippen LogP contribution in [0, 0.1) is 0 Å². The predicted molar refractivity (Wildman–Crippen MR) is 87.3 cm³/mol. The summed E-state index contributed by atoms with van der Waals surface area (Å²) in [6.07, 6.45) is 2.28. The summed E-state index contributed by atoms with van der Waals surface area (Å²) in [4.78, 5) is 16.7. The van der Waals surface area contributed by atoms with Crippen molar-refractivity contribution in [1.82, 2.24) is 9.80 Å². The molecule has 1 heterocycles. The first-order chi connectivity index (χ1) is 10.1. The summed E-state index contributed by atoms with van der Waals surface area (Å²) in [5.41, 5.74) is 7.13. The third-order valence-electron chi connectivity index (χ3n) is 4.22. The highest BCUT2D eigenvalue weighted by atomic mass is 16.2. The maximum Gasteiger partial charge on any atom is 0.238 e. The number of carbonyl (C=O) groups is 1. The van der Waals surface area contributed by atoms with E-state index >= 15 is 0 Å². The number of amides is 1. The van der Waals surface area contributed by atoms with Gasteiger partial charge in [-0.05, 0) is 63.8 Å². The molecule has 0 bridgehead atoms. The van der Waals surface area contributed by atoms with Crippen LogP contribution in [0.3, 0.4) is 0 Å². The first-order valence-corrected chi connectivity index (χ1v) is 7.66. The Balaban J connectivity index is 1.78. The van der Waals surface area contributed by atoms with Crippen molar-refractivity contribution in [1.29, 1.82) is 0 Å². The van der Waals surface area contributed by atoms with Gasteiger partial charge in [-0.25, -0.2) is 0 Å². The molecule has 5 heteroatoms. The molecule has 0 aromatic heterocycles. The Morgan fingerprint density at radius 1 is 1.33 bits per heavy atom. The minimum Gasteiger partial charge on any atom is -0.399 e. The largest absolute Gasteiger partial charge is 0.399 e. The van der Waals surface area contributed by atoms with Crippen LogP contribution in [0.2, 0.25) is 0 Å². The number of nitrogens with zero attached hydrogens (tertiary/aromatic N) is 2. The van der Waals surface area contributed by atoms with E-state index in [1.165, 1.54) is 0 Å². The molecule has 1 aliphatic heterocycles. The molecule has 0 unspecified atom stereocenters. The molecular weight excluding hydrogens is 264 g/mol. The number of hydrogen-bond acceptors (Lipinski definition) is 4. The number of hydrogen-bond donors (Lipinski definition) is 2. The molecule has 0 saturated carbocycles. The third-order valence-corrected chi connectivity index (χ3v) is 4.22. The van der Waals surface area contributed by atoms with Crippen LogP contribution in [0.15, 0.2) is 24.3 Å². The molecule has 116 valence electrons. The Hall–Kier alpha value is -1.59. The number of likely N-dealkylation sites (N-methyl/N-ethyl adjacent to an activating group) is 1. The fourth-order valence-corrected chi connectivity index (χ4v) is 2.80. The van der Waals surface area contributed by atoms with Crippen LogP contribution in [0.25, 0.3) is 0 Å². The summed E-state index contributed by atoms with van der Waals surface area (Å²) < 4.78 is 0. The Morgan fingerprint density at radius 3 is 2.52 bits per heavy atom. The van der Waals surface area contributed by atoms with Crippen LogP contribution in [0.5, 0.6) is 0 Å². The summed E-state index contributed by atoms with van der Waals surface area (Å²) in [6, 6.07) is 7.74. The lowest BCUT2D eigenvalue weighted by molar-refractivity contribution is -0.117. The smallest absolute Gasteiger partial charge is 0.238 e. The van der Waals surface area contributed by atoms with Crippen molar-refractivity contribution in [3.05, 3.63) is 24.3 Å². The van der Waals surface area contributed by atoms with E-state index < -0.39 is 0 Å². The lowest BCUT2D eigenvalue weighted by atomic mass is 10.0. The molecule has 0 atom stereocenters.